The zero-order chi connectivity index (χ0) is 12.4. The highest BCUT2D eigenvalue weighted by Crippen LogP contribution is 2.37. The van der Waals surface area contributed by atoms with Crippen LogP contribution in [0, 0.1) is 5.41 Å². The molecule has 0 aliphatic heterocycles. The van der Waals surface area contributed by atoms with Crippen molar-refractivity contribution in [2.24, 2.45) is 11.1 Å². The first-order chi connectivity index (χ1) is 7.29. The Morgan fingerprint density at radius 2 is 1.81 bits per heavy atom. The monoisotopic (exact) mass is 221 g/mol. The van der Waals surface area contributed by atoms with Gasteiger partial charge >= 0.3 is 0 Å². The van der Waals surface area contributed by atoms with Gasteiger partial charge in [-0.25, -0.2) is 0 Å². The average Bonchev–Trinajstić information content (AvgIpc) is 2.17. The molecule has 2 heteroatoms. The topological polar surface area (TPSA) is 35.2 Å². The Hall–Kier alpha value is -1.02. The first-order valence-electron chi connectivity index (χ1n) is 5.81. The van der Waals surface area contributed by atoms with Gasteiger partial charge in [-0.2, -0.15) is 0 Å². The molecule has 0 spiro atoms. The van der Waals surface area contributed by atoms with Crippen molar-refractivity contribution in [2.75, 3.05) is 6.61 Å². The van der Waals surface area contributed by atoms with Crippen LogP contribution in [-0.4, -0.2) is 6.61 Å². The van der Waals surface area contributed by atoms with Crippen molar-refractivity contribution < 1.29 is 4.74 Å². The van der Waals surface area contributed by atoms with E-state index in [1.54, 1.807) is 0 Å². The van der Waals surface area contributed by atoms with Crippen molar-refractivity contribution in [2.45, 2.75) is 40.2 Å². The van der Waals surface area contributed by atoms with Crippen molar-refractivity contribution in [3.05, 3.63) is 29.8 Å². The highest BCUT2D eigenvalue weighted by Gasteiger charge is 2.35. The van der Waals surface area contributed by atoms with Gasteiger partial charge in [0.2, 0.25) is 0 Å². The molecule has 0 aromatic heterocycles. The van der Waals surface area contributed by atoms with Crippen LogP contribution >= 0.6 is 0 Å². The summed E-state index contributed by atoms with van der Waals surface area (Å²) in [5.41, 5.74) is 7.19. The van der Waals surface area contributed by atoms with Gasteiger partial charge in [-0.1, -0.05) is 32.9 Å². The minimum Gasteiger partial charge on any atom is -0.494 e. The van der Waals surface area contributed by atoms with Crippen LogP contribution < -0.4 is 10.5 Å². The van der Waals surface area contributed by atoms with Gasteiger partial charge in [0.1, 0.15) is 5.75 Å². The molecule has 1 unspecified atom stereocenters. The summed E-state index contributed by atoms with van der Waals surface area (Å²) in [6.45, 7) is 11.2. The van der Waals surface area contributed by atoms with Crippen molar-refractivity contribution in [1.82, 2.24) is 0 Å². The summed E-state index contributed by atoms with van der Waals surface area (Å²) in [6.07, 6.45) is 0. The molecule has 1 atom stereocenters. The second-order valence-corrected chi connectivity index (χ2v) is 5.41. The highest BCUT2D eigenvalue weighted by atomic mass is 16.5. The Labute approximate surface area is 98.8 Å². The minimum absolute atomic E-state index is 0.0117. The molecule has 0 amide bonds. The third-order valence-corrected chi connectivity index (χ3v) is 3.30. The van der Waals surface area contributed by atoms with Crippen LogP contribution in [0.5, 0.6) is 5.75 Å². The van der Waals surface area contributed by atoms with Gasteiger partial charge in [0, 0.05) is 5.54 Å². The molecule has 2 N–H and O–H groups in total. The number of hydrogen-bond acceptors (Lipinski definition) is 2. The molecule has 1 aromatic carbocycles. The molecule has 0 aliphatic rings. The van der Waals surface area contributed by atoms with Gasteiger partial charge in [0.15, 0.2) is 0 Å². The molecule has 1 rings (SSSR count). The Morgan fingerprint density at radius 3 is 2.31 bits per heavy atom. The third kappa shape index (κ3) is 2.56. The van der Waals surface area contributed by atoms with Crippen molar-refractivity contribution in [3.8, 4) is 5.75 Å². The van der Waals surface area contributed by atoms with E-state index in [2.05, 4.69) is 33.8 Å². The van der Waals surface area contributed by atoms with E-state index >= 15 is 0 Å². The quantitative estimate of drug-likeness (QED) is 0.850. The molecule has 0 saturated carbocycles. The summed E-state index contributed by atoms with van der Waals surface area (Å²) in [5.74, 6) is 0.890. The lowest BCUT2D eigenvalue weighted by Gasteiger charge is -2.39. The van der Waals surface area contributed by atoms with E-state index in [4.69, 9.17) is 10.5 Å². The van der Waals surface area contributed by atoms with E-state index < -0.39 is 0 Å². The lowest BCUT2D eigenvalue weighted by atomic mass is 9.71. The molecular weight excluding hydrogens is 198 g/mol. The maximum atomic E-state index is 6.42. The number of rotatable bonds is 3. The second-order valence-electron chi connectivity index (χ2n) is 5.41. The van der Waals surface area contributed by atoms with Crippen LogP contribution in [0.2, 0.25) is 0 Å². The van der Waals surface area contributed by atoms with E-state index in [0.717, 1.165) is 11.3 Å². The van der Waals surface area contributed by atoms with Gasteiger partial charge in [0.25, 0.3) is 0 Å². The fourth-order valence-corrected chi connectivity index (χ4v) is 1.51. The normalized spacial score (nSPS) is 15.6. The lowest BCUT2D eigenvalue weighted by Crippen LogP contribution is -2.45. The van der Waals surface area contributed by atoms with Crippen LogP contribution in [-0.2, 0) is 5.54 Å². The van der Waals surface area contributed by atoms with E-state index in [1.165, 1.54) is 0 Å². The first-order valence-corrected chi connectivity index (χ1v) is 5.81. The molecule has 16 heavy (non-hydrogen) atoms. The van der Waals surface area contributed by atoms with Gasteiger partial charge in [0.05, 0.1) is 6.61 Å². The Kier molecular flexibility index (Phi) is 3.64. The first kappa shape index (κ1) is 13.0. The summed E-state index contributed by atoms with van der Waals surface area (Å²) >= 11 is 0. The SMILES string of the molecule is CCOc1cccc(C(C)(N)C(C)(C)C)c1. The minimum atomic E-state index is -0.361. The summed E-state index contributed by atoms with van der Waals surface area (Å²) in [6, 6.07) is 8.06. The average molecular weight is 221 g/mol. The van der Waals surface area contributed by atoms with Crippen molar-refractivity contribution in [1.29, 1.82) is 0 Å². The maximum Gasteiger partial charge on any atom is 0.119 e. The zero-order valence-corrected chi connectivity index (χ0v) is 11.0. The third-order valence-electron chi connectivity index (χ3n) is 3.30. The molecular formula is C14H23NO. The van der Waals surface area contributed by atoms with Crippen LogP contribution in [0.3, 0.4) is 0 Å². The lowest BCUT2D eigenvalue weighted by molar-refractivity contribution is 0.210. The molecule has 90 valence electrons. The molecule has 0 aliphatic carbocycles. The largest absolute Gasteiger partial charge is 0.494 e. The van der Waals surface area contributed by atoms with Gasteiger partial charge in [-0.15, -0.1) is 0 Å². The Balaban J connectivity index is 3.08. The summed E-state index contributed by atoms with van der Waals surface area (Å²) in [5, 5.41) is 0. The summed E-state index contributed by atoms with van der Waals surface area (Å²) in [7, 11) is 0. The number of nitrogens with two attached hydrogens (primary N) is 1. The van der Waals surface area contributed by atoms with Crippen LogP contribution in [0.4, 0.5) is 0 Å². The predicted octanol–water partition coefficient (Wildman–Crippen LogP) is 3.31. The van der Waals surface area contributed by atoms with E-state index in [9.17, 15) is 0 Å². The summed E-state index contributed by atoms with van der Waals surface area (Å²) < 4.78 is 5.50. The molecule has 1 aromatic rings. The number of hydrogen-bond donors (Lipinski definition) is 1. The molecule has 2 nitrogen and oxygen atoms in total. The molecule has 0 heterocycles. The van der Waals surface area contributed by atoms with Crippen LogP contribution in [0.1, 0.15) is 40.2 Å². The number of benzene rings is 1. The molecule has 0 fully saturated rings. The van der Waals surface area contributed by atoms with Crippen molar-refractivity contribution in [3.63, 3.8) is 0 Å². The maximum absolute atomic E-state index is 6.42. The molecule has 0 saturated heterocycles. The van der Waals surface area contributed by atoms with E-state index in [-0.39, 0.29) is 11.0 Å². The fraction of sp³-hybridized carbons (Fsp3) is 0.571. The van der Waals surface area contributed by atoms with Gasteiger partial charge in [-0.3, -0.25) is 0 Å². The van der Waals surface area contributed by atoms with E-state index in [1.807, 2.05) is 25.1 Å². The summed E-state index contributed by atoms with van der Waals surface area (Å²) in [4.78, 5) is 0. The Bertz CT molecular complexity index is 350. The second kappa shape index (κ2) is 4.46. The van der Waals surface area contributed by atoms with E-state index in [0.29, 0.717) is 6.61 Å². The standard InChI is InChI=1S/C14H23NO/c1-6-16-12-9-7-8-11(10-12)14(5,15)13(2,3)4/h7-10H,6,15H2,1-5H3. The Morgan fingerprint density at radius 1 is 1.19 bits per heavy atom. The molecule has 0 radical (unpaired) electrons. The molecule has 0 bridgehead atoms. The van der Waals surface area contributed by atoms with Crippen molar-refractivity contribution >= 4 is 0 Å². The zero-order valence-electron chi connectivity index (χ0n) is 11.0. The van der Waals surface area contributed by atoms with Crippen LogP contribution in [0.15, 0.2) is 24.3 Å². The fourth-order valence-electron chi connectivity index (χ4n) is 1.51. The van der Waals surface area contributed by atoms with Crippen LogP contribution in [0.25, 0.3) is 0 Å². The number of ether oxygens (including phenoxy) is 1. The smallest absolute Gasteiger partial charge is 0.119 e. The van der Waals surface area contributed by atoms with Gasteiger partial charge in [-0.05, 0) is 37.0 Å². The predicted molar refractivity (Wildman–Crippen MR) is 68.6 cm³/mol. The van der Waals surface area contributed by atoms with Gasteiger partial charge < -0.3 is 10.5 Å². The highest BCUT2D eigenvalue weighted by molar-refractivity contribution is 5.34.